The number of hydrogen-bond donors (Lipinski definition) is 0. The van der Waals surface area contributed by atoms with Gasteiger partial charge in [-0.2, -0.15) is 4.98 Å². The lowest BCUT2D eigenvalue weighted by Gasteiger charge is -1.98. The lowest BCUT2D eigenvalue weighted by Crippen LogP contribution is -2.20. The summed E-state index contributed by atoms with van der Waals surface area (Å²) in [6, 6.07) is 4.99. The summed E-state index contributed by atoms with van der Waals surface area (Å²) in [4.78, 5) is 21.0. The molecule has 0 radical (unpaired) electrons. The van der Waals surface area contributed by atoms with Gasteiger partial charge in [-0.1, -0.05) is 23.2 Å². The van der Waals surface area contributed by atoms with E-state index in [0.29, 0.717) is 28.0 Å². The molecule has 3 heterocycles. The summed E-state index contributed by atoms with van der Waals surface area (Å²) < 4.78 is 7.27. The Morgan fingerprint density at radius 2 is 1.90 bits per heavy atom. The van der Waals surface area contributed by atoms with Crippen LogP contribution in [0.4, 0.5) is 0 Å². The predicted molar refractivity (Wildman–Crippen MR) is 79.8 cm³/mol. The van der Waals surface area contributed by atoms with Gasteiger partial charge in [-0.15, -0.1) is 0 Å². The second-order valence-corrected chi connectivity index (χ2v) is 5.79. The Kier molecular flexibility index (Phi) is 2.80. The summed E-state index contributed by atoms with van der Waals surface area (Å²) >= 11 is 12.0. The molecule has 0 saturated heterocycles. The van der Waals surface area contributed by atoms with Gasteiger partial charge in [-0.25, -0.2) is 4.98 Å². The van der Waals surface area contributed by atoms with Crippen LogP contribution >= 0.6 is 23.2 Å². The Balaban J connectivity index is 1.96. The molecule has 0 amide bonds. The summed E-state index contributed by atoms with van der Waals surface area (Å²) in [5, 5.41) is 0.957. The van der Waals surface area contributed by atoms with Gasteiger partial charge in [-0.3, -0.25) is 9.36 Å². The molecule has 0 unspecified atom stereocenters. The van der Waals surface area contributed by atoms with E-state index in [4.69, 9.17) is 27.6 Å². The number of hydrogen-bond acceptors (Lipinski definition) is 4. The number of fused-ring (bicyclic) bond motifs is 2. The molecule has 1 aromatic carbocycles. The maximum absolute atomic E-state index is 12.3. The number of halogens is 2. The topological polar surface area (TPSA) is 60.9 Å². The van der Waals surface area contributed by atoms with Crippen molar-refractivity contribution in [2.75, 3.05) is 0 Å². The van der Waals surface area contributed by atoms with Gasteiger partial charge in [0.15, 0.2) is 5.52 Å². The Morgan fingerprint density at radius 1 is 1.14 bits per heavy atom. The van der Waals surface area contributed by atoms with E-state index < -0.39 is 0 Å². The molecule has 2 aromatic heterocycles. The van der Waals surface area contributed by atoms with Gasteiger partial charge >= 0.3 is 0 Å². The van der Waals surface area contributed by atoms with Crippen LogP contribution in [0.15, 0.2) is 27.4 Å². The van der Waals surface area contributed by atoms with Gasteiger partial charge in [0.05, 0.1) is 0 Å². The number of benzene rings is 1. The first-order valence-corrected chi connectivity index (χ1v) is 7.24. The first kappa shape index (κ1) is 12.9. The zero-order valence-corrected chi connectivity index (χ0v) is 12.3. The third-order valence-electron chi connectivity index (χ3n) is 3.49. The molecule has 4 rings (SSSR count). The molecule has 5 nitrogen and oxygen atoms in total. The molecule has 7 heteroatoms. The minimum absolute atomic E-state index is 0.157. The summed E-state index contributed by atoms with van der Waals surface area (Å²) in [5.41, 5.74) is 0.969. The van der Waals surface area contributed by atoms with E-state index in [-0.39, 0.29) is 16.8 Å². The SMILES string of the molecule is O=c1c2nc(-c3cc(Cl)cc(Cl)c3)oc2nc2n1CCC2. The fourth-order valence-corrected chi connectivity index (χ4v) is 3.09. The van der Waals surface area contributed by atoms with Crippen LogP contribution in [0.25, 0.3) is 22.7 Å². The van der Waals surface area contributed by atoms with E-state index in [9.17, 15) is 4.79 Å². The number of aromatic nitrogens is 3. The van der Waals surface area contributed by atoms with Crippen LogP contribution in [-0.4, -0.2) is 14.5 Å². The van der Waals surface area contributed by atoms with Crippen LogP contribution in [0, 0.1) is 0 Å². The third-order valence-corrected chi connectivity index (χ3v) is 3.93. The second-order valence-electron chi connectivity index (χ2n) is 4.92. The van der Waals surface area contributed by atoms with Crippen molar-refractivity contribution in [2.45, 2.75) is 19.4 Å². The largest absolute Gasteiger partial charge is 0.417 e. The Hall–Kier alpha value is -1.85. The molecule has 0 bridgehead atoms. The Labute approximate surface area is 129 Å². The molecule has 0 spiro atoms. The average Bonchev–Trinajstić information content (AvgIpc) is 3.04. The van der Waals surface area contributed by atoms with Crippen LogP contribution in [-0.2, 0) is 13.0 Å². The zero-order chi connectivity index (χ0) is 14.6. The van der Waals surface area contributed by atoms with E-state index in [0.717, 1.165) is 18.7 Å². The minimum atomic E-state index is -0.157. The van der Waals surface area contributed by atoms with E-state index in [2.05, 4.69) is 9.97 Å². The molecule has 3 aromatic rings. The molecule has 0 atom stereocenters. The van der Waals surface area contributed by atoms with Crippen molar-refractivity contribution in [3.05, 3.63) is 44.4 Å². The van der Waals surface area contributed by atoms with Crippen LogP contribution in [0.2, 0.25) is 10.0 Å². The van der Waals surface area contributed by atoms with Gasteiger partial charge in [0.25, 0.3) is 11.3 Å². The zero-order valence-electron chi connectivity index (χ0n) is 10.8. The Morgan fingerprint density at radius 3 is 2.67 bits per heavy atom. The molecule has 0 fully saturated rings. The average molecular weight is 322 g/mol. The first-order valence-electron chi connectivity index (χ1n) is 6.48. The Bertz CT molecular complexity index is 910. The van der Waals surface area contributed by atoms with Crippen molar-refractivity contribution < 1.29 is 4.42 Å². The van der Waals surface area contributed by atoms with Crippen LogP contribution < -0.4 is 5.56 Å². The van der Waals surface area contributed by atoms with Gasteiger partial charge < -0.3 is 4.42 Å². The van der Waals surface area contributed by atoms with Crippen LogP contribution in [0.5, 0.6) is 0 Å². The van der Waals surface area contributed by atoms with Crippen molar-refractivity contribution >= 4 is 34.4 Å². The van der Waals surface area contributed by atoms with Crippen LogP contribution in [0.3, 0.4) is 0 Å². The van der Waals surface area contributed by atoms with E-state index >= 15 is 0 Å². The lowest BCUT2D eigenvalue weighted by atomic mass is 10.2. The first-order chi connectivity index (χ1) is 10.1. The standard InChI is InChI=1S/C14H9Cl2N3O2/c15-8-4-7(5-9(16)6-8)12-18-11-13(21-12)17-10-2-1-3-19(10)14(11)20/h4-6H,1-3H2. The van der Waals surface area contributed by atoms with E-state index in [1.54, 1.807) is 22.8 Å². The predicted octanol–water partition coefficient (Wildman–Crippen LogP) is 3.30. The number of oxazole rings is 1. The molecule has 106 valence electrons. The van der Waals surface area contributed by atoms with Crippen molar-refractivity contribution in [2.24, 2.45) is 0 Å². The number of aryl methyl sites for hydroxylation is 1. The summed E-state index contributed by atoms with van der Waals surface area (Å²) in [6.45, 7) is 0.683. The molecule has 1 aliphatic rings. The summed E-state index contributed by atoms with van der Waals surface area (Å²) in [5.74, 6) is 1.04. The fraction of sp³-hybridized carbons (Fsp3) is 0.214. The molecule has 0 N–H and O–H groups in total. The van der Waals surface area contributed by atoms with Gasteiger partial charge in [0, 0.05) is 28.6 Å². The highest BCUT2D eigenvalue weighted by Gasteiger charge is 2.20. The van der Waals surface area contributed by atoms with Gasteiger partial charge in [0.2, 0.25) is 5.89 Å². The second kappa shape index (κ2) is 4.58. The minimum Gasteiger partial charge on any atom is -0.417 e. The van der Waals surface area contributed by atoms with Crippen molar-refractivity contribution in [3.8, 4) is 11.5 Å². The van der Waals surface area contributed by atoms with E-state index in [1.165, 1.54) is 0 Å². The van der Waals surface area contributed by atoms with E-state index in [1.807, 2.05) is 0 Å². The summed E-state index contributed by atoms with van der Waals surface area (Å²) in [7, 11) is 0. The molecule has 1 aliphatic heterocycles. The lowest BCUT2D eigenvalue weighted by molar-refractivity contribution is 0.602. The third kappa shape index (κ3) is 2.04. The van der Waals surface area contributed by atoms with Crippen LogP contribution in [0.1, 0.15) is 12.2 Å². The van der Waals surface area contributed by atoms with Gasteiger partial charge in [0.1, 0.15) is 5.82 Å². The van der Waals surface area contributed by atoms with Gasteiger partial charge in [-0.05, 0) is 24.6 Å². The summed E-state index contributed by atoms with van der Waals surface area (Å²) in [6.07, 6.45) is 1.70. The monoisotopic (exact) mass is 321 g/mol. The normalized spacial score (nSPS) is 13.8. The highest BCUT2D eigenvalue weighted by Crippen LogP contribution is 2.28. The molecule has 0 saturated carbocycles. The van der Waals surface area contributed by atoms with Crippen molar-refractivity contribution in [1.82, 2.24) is 14.5 Å². The highest BCUT2D eigenvalue weighted by molar-refractivity contribution is 6.35. The number of nitrogens with zero attached hydrogens (tertiary/aromatic N) is 3. The highest BCUT2D eigenvalue weighted by atomic mass is 35.5. The number of rotatable bonds is 1. The van der Waals surface area contributed by atoms with Crippen molar-refractivity contribution in [3.63, 3.8) is 0 Å². The maximum atomic E-state index is 12.3. The maximum Gasteiger partial charge on any atom is 0.283 e. The quantitative estimate of drug-likeness (QED) is 0.690. The van der Waals surface area contributed by atoms with Crippen molar-refractivity contribution in [1.29, 1.82) is 0 Å². The smallest absolute Gasteiger partial charge is 0.283 e. The molecular weight excluding hydrogens is 313 g/mol. The molecular formula is C14H9Cl2N3O2. The fourth-order valence-electron chi connectivity index (χ4n) is 2.57. The molecule has 0 aliphatic carbocycles. The molecule has 21 heavy (non-hydrogen) atoms.